The Bertz CT molecular complexity index is 1300. The van der Waals surface area contributed by atoms with Crippen molar-refractivity contribution < 1.29 is 20.6 Å². The molecular formula is C35H60O5Si6. The van der Waals surface area contributed by atoms with Gasteiger partial charge in [-0.15, -0.1) is 0 Å². The highest BCUT2D eigenvalue weighted by Crippen LogP contribution is 2.34. The van der Waals surface area contributed by atoms with Crippen LogP contribution in [0.1, 0.15) is 38.2 Å². The van der Waals surface area contributed by atoms with E-state index < -0.39 is 50.9 Å². The van der Waals surface area contributed by atoms with Gasteiger partial charge in [0.15, 0.2) is 16.6 Å². The molecule has 0 saturated carbocycles. The van der Waals surface area contributed by atoms with Crippen LogP contribution in [0.4, 0.5) is 0 Å². The van der Waals surface area contributed by atoms with Crippen molar-refractivity contribution in [1.29, 1.82) is 0 Å². The molecule has 0 spiro atoms. The molecule has 3 aromatic carbocycles. The van der Waals surface area contributed by atoms with E-state index in [1.54, 1.807) is 0 Å². The summed E-state index contributed by atoms with van der Waals surface area (Å²) in [4.78, 5) is 0. The minimum Gasteiger partial charge on any atom is -0.437 e. The summed E-state index contributed by atoms with van der Waals surface area (Å²) in [5, 5.41) is 2.16. The maximum atomic E-state index is 7.60. The van der Waals surface area contributed by atoms with Crippen LogP contribution in [0.3, 0.4) is 0 Å². The predicted molar refractivity (Wildman–Crippen MR) is 210 cm³/mol. The molecule has 0 aliphatic rings. The van der Waals surface area contributed by atoms with Gasteiger partial charge in [-0.1, -0.05) is 118 Å². The lowest BCUT2D eigenvalue weighted by atomic mass is 10.0. The first kappa shape index (κ1) is 39.2. The molecule has 0 bridgehead atoms. The van der Waals surface area contributed by atoms with Gasteiger partial charge in [-0.3, -0.25) is 0 Å². The second-order valence-corrected chi connectivity index (χ2v) is 38.3. The number of unbranched alkanes of at least 4 members (excludes halogenated alkanes) is 1. The third-order valence-corrected chi connectivity index (χ3v) is 31.1. The average Bonchev–Trinajstić information content (AvgIpc) is 2.94. The van der Waals surface area contributed by atoms with Crippen molar-refractivity contribution in [3.63, 3.8) is 0 Å². The van der Waals surface area contributed by atoms with Gasteiger partial charge in [-0.2, -0.15) is 0 Å². The van der Waals surface area contributed by atoms with Crippen LogP contribution < -0.4 is 10.4 Å². The summed E-state index contributed by atoms with van der Waals surface area (Å²) >= 11 is 0. The molecule has 254 valence electrons. The SMILES string of the molecule is CCCC[Si](C)(C)O[Si](C)(C)O[Si](O[Si](C)(C)O[Si](C)(CC(C)c1ccccc1)O[Si](C)(C)C)(c1ccccc1)c1ccccc1. The Hall–Kier alpha value is -1.24. The van der Waals surface area contributed by atoms with Crippen LogP contribution >= 0.6 is 0 Å². The van der Waals surface area contributed by atoms with Gasteiger partial charge in [0.25, 0.3) is 0 Å². The lowest BCUT2D eigenvalue weighted by molar-refractivity contribution is 0.285. The number of rotatable bonds is 18. The predicted octanol–water partition coefficient (Wildman–Crippen LogP) is 9.45. The van der Waals surface area contributed by atoms with Gasteiger partial charge < -0.3 is 20.6 Å². The molecule has 0 heterocycles. The minimum absolute atomic E-state index is 0.301. The minimum atomic E-state index is -3.34. The van der Waals surface area contributed by atoms with Gasteiger partial charge >= 0.3 is 34.2 Å². The molecule has 11 heteroatoms. The topological polar surface area (TPSA) is 46.2 Å². The molecule has 0 amide bonds. The molecule has 3 aromatic rings. The van der Waals surface area contributed by atoms with Crippen molar-refractivity contribution in [2.24, 2.45) is 0 Å². The Morgan fingerprint density at radius 2 is 0.978 bits per heavy atom. The summed E-state index contributed by atoms with van der Waals surface area (Å²) in [6.07, 6.45) is 2.34. The van der Waals surface area contributed by atoms with Gasteiger partial charge in [0.2, 0.25) is 0 Å². The first-order valence-corrected chi connectivity index (χ1v) is 33.5. The molecule has 3 rings (SSSR count). The van der Waals surface area contributed by atoms with Crippen LogP contribution in [0.25, 0.3) is 0 Å². The molecule has 0 radical (unpaired) electrons. The zero-order chi connectivity index (χ0) is 34.3. The normalized spacial score (nSPS) is 15.4. The van der Waals surface area contributed by atoms with E-state index in [1.807, 2.05) is 0 Å². The Labute approximate surface area is 287 Å². The number of hydrogen-bond acceptors (Lipinski definition) is 5. The lowest BCUT2D eigenvalue weighted by Gasteiger charge is -2.46. The number of benzene rings is 3. The van der Waals surface area contributed by atoms with Crippen molar-refractivity contribution in [2.45, 2.75) is 110 Å². The standard InChI is InChI=1S/C35H60O5Si6/c1-13-14-30-42(6,7)37-43(8,9)39-46(34-26-20-16-21-27-34,35-28-22-17-23-29-35)40-44(10,11)38-45(12,36-41(3,4)5)31-32(2)33-24-18-15-19-25-33/h15-29,32H,13-14,30-31H2,1-12H3. The molecule has 46 heavy (non-hydrogen) atoms. The van der Waals surface area contributed by atoms with Gasteiger partial charge in [0.05, 0.1) is 0 Å². The summed E-state index contributed by atoms with van der Waals surface area (Å²) < 4.78 is 36.6. The second kappa shape index (κ2) is 16.0. The largest absolute Gasteiger partial charge is 0.437 e. The van der Waals surface area contributed by atoms with Crippen LogP contribution in [0.15, 0.2) is 91.0 Å². The smallest absolute Gasteiger partial charge is 0.389 e. The van der Waals surface area contributed by atoms with E-state index in [1.165, 1.54) is 18.4 Å². The summed E-state index contributed by atoms with van der Waals surface area (Å²) in [6, 6.07) is 33.8. The quantitative estimate of drug-likeness (QED) is 0.122. The summed E-state index contributed by atoms with van der Waals surface area (Å²) in [5.74, 6) is 0.301. The average molecular weight is 729 g/mol. The van der Waals surface area contributed by atoms with E-state index in [0.29, 0.717) is 5.92 Å². The van der Waals surface area contributed by atoms with Crippen LogP contribution in [-0.4, -0.2) is 50.9 Å². The zero-order valence-corrected chi connectivity index (χ0v) is 36.6. The van der Waals surface area contributed by atoms with Crippen LogP contribution in [0, 0.1) is 0 Å². The first-order valence-electron chi connectivity index (χ1n) is 17.0. The van der Waals surface area contributed by atoms with Crippen molar-refractivity contribution in [3.8, 4) is 0 Å². The van der Waals surface area contributed by atoms with Crippen molar-refractivity contribution in [2.75, 3.05) is 0 Å². The molecule has 5 nitrogen and oxygen atoms in total. The van der Waals surface area contributed by atoms with Gasteiger partial charge in [-0.05, 0) is 99.4 Å². The molecule has 0 aromatic heterocycles. The molecule has 0 saturated heterocycles. The fraction of sp³-hybridized carbons (Fsp3) is 0.486. The molecule has 0 aliphatic heterocycles. The van der Waals surface area contributed by atoms with Gasteiger partial charge in [0.1, 0.15) is 0 Å². The Kier molecular flexibility index (Phi) is 13.6. The van der Waals surface area contributed by atoms with E-state index in [9.17, 15) is 0 Å². The maximum Gasteiger partial charge on any atom is 0.389 e. The van der Waals surface area contributed by atoms with Crippen molar-refractivity contribution in [1.82, 2.24) is 0 Å². The highest BCUT2D eigenvalue weighted by Gasteiger charge is 2.55. The third-order valence-electron chi connectivity index (χ3n) is 7.77. The van der Waals surface area contributed by atoms with E-state index in [-0.39, 0.29) is 0 Å². The summed E-state index contributed by atoms with van der Waals surface area (Å²) in [7, 11) is -15.6. The Morgan fingerprint density at radius 3 is 1.41 bits per heavy atom. The Morgan fingerprint density at radius 1 is 0.543 bits per heavy atom. The highest BCUT2D eigenvalue weighted by molar-refractivity contribution is 7.02. The monoisotopic (exact) mass is 728 g/mol. The van der Waals surface area contributed by atoms with E-state index in [0.717, 1.165) is 22.5 Å². The summed E-state index contributed by atoms with van der Waals surface area (Å²) in [6.45, 7) is 27.0. The van der Waals surface area contributed by atoms with E-state index in [2.05, 4.69) is 170 Å². The molecule has 2 atom stereocenters. The highest BCUT2D eigenvalue weighted by atomic mass is 28.5. The lowest BCUT2D eigenvalue weighted by Crippen LogP contribution is -2.72. The maximum absolute atomic E-state index is 7.60. The van der Waals surface area contributed by atoms with Crippen molar-refractivity contribution >= 4 is 61.3 Å². The second-order valence-electron chi connectivity index (χ2n) is 15.3. The molecule has 0 aliphatic carbocycles. The molecule has 2 unspecified atom stereocenters. The molecule has 0 fully saturated rings. The van der Waals surface area contributed by atoms with Crippen LogP contribution in [-0.2, 0) is 20.6 Å². The summed E-state index contributed by atoms with van der Waals surface area (Å²) in [5.41, 5.74) is 1.31. The Balaban J connectivity index is 2.10. The van der Waals surface area contributed by atoms with E-state index >= 15 is 0 Å². The van der Waals surface area contributed by atoms with E-state index in [4.69, 9.17) is 20.6 Å². The fourth-order valence-electron chi connectivity index (χ4n) is 6.52. The zero-order valence-electron chi connectivity index (χ0n) is 30.6. The third kappa shape index (κ3) is 12.0. The fourth-order valence-corrected chi connectivity index (χ4v) is 36.0. The molecule has 0 N–H and O–H groups in total. The van der Waals surface area contributed by atoms with Gasteiger partial charge in [-0.25, -0.2) is 0 Å². The van der Waals surface area contributed by atoms with Crippen LogP contribution in [0.5, 0.6) is 0 Å². The number of hydrogen-bond donors (Lipinski definition) is 0. The van der Waals surface area contributed by atoms with Crippen molar-refractivity contribution in [3.05, 3.63) is 96.6 Å². The van der Waals surface area contributed by atoms with Crippen LogP contribution in [0.2, 0.25) is 77.6 Å². The van der Waals surface area contributed by atoms with Gasteiger partial charge in [0, 0.05) is 0 Å². The molecular weight excluding hydrogens is 669 g/mol. The first-order chi connectivity index (χ1) is 21.3.